The Bertz CT molecular complexity index is 565. The fourth-order valence-corrected chi connectivity index (χ4v) is 3.87. The molecule has 0 bridgehead atoms. The lowest BCUT2D eigenvalue weighted by atomic mass is 9.97. The molecule has 1 aromatic carbocycles. The third-order valence-electron chi connectivity index (χ3n) is 5.22. The molecule has 24 heavy (non-hydrogen) atoms. The molecular weight excluding hydrogens is 305 g/mol. The standard InChI is InChI=1S/C19H28FN3O/c1-21-13-17(6-7-19(21)24)15-23-9-3-8-22(10-11-23)14-16-4-2-5-18(20)12-16/h2,4-5,12,17H,3,6-11,13-15H2,1H3. The predicted octanol–water partition coefficient (Wildman–Crippen LogP) is 2.20. The van der Waals surface area contributed by atoms with Crippen molar-refractivity contribution >= 4 is 5.91 Å². The molecule has 2 aliphatic heterocycles. The van der Waals surface area contributed by atoms with Gasteiger partial charge in [-0.2, -0.15) is 0 Å². The summed E-state index contributed by atoms with van der Waals surface area (Å²) >= 11 is 0. The van der Waals surface area contributed by atoms with Gasteiger partial charge in [0.25, 0.3) is 0 Å². The van der Waals surface area contributed by atoms with Crippen LogP contribution >= 0.6 is 0 Å². The molecule has 2 saturated heterocycles. The fraction of sp³-hybridized carbons (Fsp3) is 0.632. The van der Waals surface area contributed by atoms with Crippen molar-refractivity contribution in [2.24, 2.45) is 5.92 Å². The highest BCUT2D eigenvalue weighted by atomic mass is 19.1. The normalized spacial score (nSPS) is 24.2. The first-order chi connectivity index (χ1) is 11.6. The Balaban J connectivity index is 1.47. The number of hydrogen-bond acceptors (Lipinski definition) is 3. The maximum Gasteiger partial charge on any atom is 0.222 e. The van der Waals surface area contributed by atoms with E-state index in [1.807, 2.05) is 18.0 Å². The number of amides is 1. The summed E-state index contributed by atoms with van der Waals surface area (Å²) in [6, 6.07) is 6.92. The molecular formula is C19H28FN3O. The summed E-state index contributed by atoms with van der Waals surface area (Å²) in [4.78, 5) is 18.4. The summed E-state index contributed by atoms with van der Waals surface area (Å²) in [5.41, 5.74) is 1.05. The molecule has 132 valence electrons. The van der Waals surface area contributed by atoms with Gasteiger partial charge in [-0.1, -0.05) is 12.1 Å². The Hall–Kier alpha value is -1.46. The molecule has 0 aromatic heterocycles. The van der Waals surface area contributed by atoms with Gasteiger partial charge in [0.1, 0.15) is 5.82 Å². The average Bonchev–Trinajstić information content (AvgIpc) is 2.76. The molecule has 0 saturated carbocycles. The number of halogens is 1. The molecule has 4 nitrogen and oxygen atoms in total. The van der Waals surface area contributed by atoms with Gasteiger partial charge in [0, 0.05) is 46.2 Å². The van der Waals surface area contributed by atoms with E-state index in [2.05, 4.69) is 9.80 Å². The van der Waals surface area contributed by atoms with Gasteiger partial charge in [-0.05, 0) is 49.5 Å². The van der Waals surface area contributed by atoms with Crippen molar-refractivity contribution in [2.45, 2.75) is 25.8 Å². The Morgan fingerprint density at radius 1 is 1.17 bits per heavy atom. The van der Waals surface area contributed by atoms with Crippen molar-refractivity contribution in [1.82, 2.24) is 14.7 Å². The van der Waals surface area contributed by atoms with E-state index in [-0.39, 0.29) is 11.7 Å². The van der Waals surface area contributed by atoms with Crippen LogP contribution in [0.25, 0.3) is 0 Å². The maximum atomic E-state index is 13.3. The number of carbonyl (C=O) groups is 1. The Labute approximate surface area is 144 Å². The average molecular weight is 333 g/mol. The molecule has 2 heterocycles. The van der Waals surface area contributed by atoms with Gasteiger partial charge in [0.15, 0.2) is 0 Å². The fourth-order valence-electron chi connectivity index (χ4n) is 3.87. The summed E-state index contributed by atoms with van der Waals surface area (Å²) in [6.45, 7) is 7.07. The minimum absolute atomic E-state index is 0.153. The number of hydrogen-bond donors (Lipinski definition) is 0. The molecule has 1 aromatic rings. The number of carbonyl (C=O) groups excluding carboxylic acids is 1. The molecule has 1 unspecified atom stereocenters. The smallest absolute Gasteiger partial charge is 0.222 e. The topological polar surface area (TPSA) is 26.8 Å². The van der Waals surface area contributed by atoms with E-state index in [0.717, 1.165) is 64.2 Å². The highest BCUT2D eigenvalue weighted by molar-refractivity contribution is 5.76. The van der Waals surface area contributed by atoms with E-state index in [0.29, 0.717) is 12.3 Å². The lowest BCUT2D eigenvalue weighted by Crippen LogP contribution is -2.42. The van der Waals surface area contributed by atoms with Crippen LogP contribution in [-0.2, 0) is 11.3 Å². The quantitative estimate of drug-likeness (QED) is 0.845. The number of nitrogens with zero attached hydrogens (tertiary/aromatic N) is 3. The molecule has 1 amide bonds. The van der Waals surface area contributed by atoms with Crippen molar-refractivity contribution in [3.8, 4) is 0 Å². The third kappa shape index (κ3) is 4.77. The second-order valence-corrected chi connectivity index (χ2v) is 7.24. The first-order valence-electron chi connectivity index (χ1n) is 9.03. The summed E-state index contributed by atoms with van der Waals surface area (Å²) < 4.78 is 13.3. The van der Waals surface area contributed by atoms with Crippen LogP contribution in [0, 0.1) is 11.7 Å². The molecule has 3 rings (SSSR count). The number of rotatable bonds is 4. The van der Waals surface area contributed by atoms with E-state index in [1.165, 1.54) is 6.07 Å². The van der Waals surface area contributed by atoms with Crippen molar-refractivity contribution in [2.75, 3.05) is 46.3 Å². The predicted molar refractivity (Wildman–Crippen MR) is 93.1 cm³/mol. The lowest BCUT2D eigenvalue weighted by molar-refractivity contribution is -0.133. The lowest BCUT2D eigenvalue weighted by Gasteiger charge is -2.33. The highest BCUT2D eigenvalue weighted by Gasteiger charge is 2.25. The first-order valence-corrected chi connectivity index (χ1v) is 9.03. The zero-order valence-electron chi connectivity index (χ0n) is 14.6. The van der Waals surface area contributed by atoms with E-state index < -0.39 is 0 Å². The molecule has 0 aliphatic carbocycles. The van der Waals surface area contributed by atoms with Crippen molar-refractivity contribution in [1.29, 1.82) is 0 Å². The van der Waals surface area contributed by atoms with Crippen LogP contribution in [0.5, 0.6) is 0 Å². The van der Waals surface area contributed by atoms with Gasteiger partial charge in [0.05, 0.1) is 0 Å². The number of likely N-dealkylation sites (tertiary alicyclic amines) is 1. The second-order valence-electron chi connectivity index (χ2n) is 7.24. The molecule has 1 atom stereocenters. The highest BCUT2D eigenvalue weighted by Crippen LogP contribution is 2.18. The zero-order chi connectivity index (χ0) is 16.9. The van der Waals surface area contributed by atoms with E-state index in [9.17, 15) is 9.18 Å². The molecule has 0 N–H and O–H groups in total. The molecule has 2 aliphatic rings. The van der Waals surface area contributed by atoms with Crippen LogP contribution in [0.2, 0.25) is 0 Å². The van der Waals surface area contributed by atoms with E-state index >= 15 is 0 Å². The van der Waals surface area contributed by atoms with Crippen LogP contribution in [0.15, 0.2) is 24.3 Å². The van der Waals surface area contributed by atoms with E-state index in [4.69, 9.17) is 0 Å². The van der Waals surface area contributed by atoms with Gasteiger partial charge < -0.3 is 9.80 Å². The van der Waals surface area contributed by atoms with Crippen LogP contribution in [0.1, 0.15) is 24.8 Å². The van der Waals surface area contributed by atoms with Crippen LogP contribution in [-0.4, -0.2) is 66.9 Å². The summed E-state index contributed by atoms with van der Waals surface area (Å²) in [5, 5.41) is 0. The Morgan fingerprint density at radius 3 is 2.75 bits per heavy atom. The van der Waals surface area contributed by atoms with Crippen molar-refractivity contribution in [3.05, 3.63) is 35.6 Å². The summed E-state index contributed by atoms with van der Waals surface area (Å²) in [6.07, 6.45) is 2.87. The van der Waals surface area contributed by atoms with Crippen molar-refractivity contribution in [3.63, 3.8) is 0 Å². The molecule has 0 spiro atoms. The molecule has 2 fully saturated rings. The largest absolute Gasteiger partial charge is 0.345 e. The van der Waals surface area contributed by atoms with Gasteiger partial charge in [-0.3, -0.25) is 9.69 Å². The first kappa shape index (κ1) is 17.4. The summed E-state index contributed by atoms with van der Waals surface area (Å²) in [5.74, 6) is 0.728. The van der Waals surface area contributed by atoms with Crippen LogP contribution in [0.4, 0.5) is 4.39 Å². The van der Waals surface area contributed by atoms with Crippen molar-refractivity contribution < 1.29 is 9.18 Å². The third-order valence-corrected chi connectivity index (χ3v) is 5.22. The number of benzene rings is 1. The van der Waals surface area contributed by atoms with Crippen LogP contribution in [0.3, 0.4) is 0 Å². The minimum Gasteiger partial charge on any atom is -0.345 e. The Kier molecular flexibility index (Phi) is 5.85. The van der Waals surface area contributed by atoms with Crippen LogP contribution < -0.4 is 0 Å². The SMILES string of the molecule is CN1CC(CN2CCCN(Cc3cccc(F)c3)CC2)CCC1=O. The van der Waals surface area contributed by atoms with Gasteiger partial charge >= 0.3 is 0 Å². The summed E-state index contributed by atoms with van der Waals surface area (Å²) in [7, 11) is 1.91. The second kappa shape index (κ2) is 8.08. The Morgan fingerprint density at radius 2 is 1.96 bits per heavy atom. The van der Waals surface area contributed by atoms with Gasteiger partial charge in [-0.15, -0.1) is 0 Å². The van der Waals surface area contributed by atoms with E-state index in [1.54, 1.807) is 12.1 Å². The zero-order valence-corrected chi connectivity index (χ0v) is 14.6. The molecule has 0 radical (unpaired) electrons. The van der Waals surface area contributed by atoms with Gasteiger partial charge in [0.2, 0.25) is 5.91 Å². The number of piperidine rings is 1. The van der Waals surface area contributed by atoms with Gasteiger partial charge in [-0.25, -0.2) is 4.39 Å². The monoisotopic (exact) mass is 333 g/mol. The maximum absolute atomic E-state index is 13.3. The molecule has 5 heteroatoms. The minimum atomic E-state index is -0.153.